The van der Waals surface area contributed by atoms with Crippen LogP contribution in [0.5, 0.6) is 0 Å². The van der Waals surface area contributed by atoms with E-state index in [1.165, 1.54) is 20.0 Å². The second-order valence-electron chi connectivity index (χ2n) is 12.3. The van der Waals surface area contributed by atoms with Crippen molar-refractivity contribution < 1.29 is 27.9 Å². The number of nitrogens with one attached hydrogen (secondary N) is 1. The van der Waals surface area contributed by atoms with E-state index in [0.29, 0.717) is 24.2 Å². The maximum absolute atomic E-state index is 13.8. The molecule has 1 fully saturated rings. The van der Waals surface area contributed by atoms with Crippen molar-refractivity contribution in [2.45, 2.75) is 65.1 Å². The molecule has 3 rings (SSSR count). The standard InChI is InChI=1S/C30H43N5O6S/c1-19-14-23(19)18-33(6)25-16-22(17-26(32-25)34(7)42(8,40)41)28(37)31-24(15-21-12-10-9-11-13-21)27(36)20(2)35(29(38)39)30(3,4)5/h9-13,16-17,19-20,23-24H,14-15,18H2,1-8H3,(H,31,37)(H,38,39)/t19?,20-,23?,24?/m1/s1. The van der Waals surface area contributed by atoms with Crippen LogP contribution in [0.15, 0.2) is 42.5 Å². The van der Waals surface area contributed by atoms with Crippen LogP contribution in [0.4, 0.5) is 16.4 Å². The molecule has 1 heterocycles. The average molecular weight is 602 g/mol. The molecule has 12 heteroatoms. The van der Waals surface area contributed by atoms with Crippen LogP contribution in [-0.2, 0) is 21.2 Å². The van der Waals surface area contributed by atoms with Gasteiger partial charge in [-0.1, -0.05) is 37.3 Å². The summed E-state index contributed by atoms with van der Waals surface area (Å²) in [6.45, 7) is 9.48. The molecule has 2 aromatic rings. The van der Waals surface area contributed by atoms with Gasteiger partial charge < -0.3 is 15.3 Å². The summed E-state index contributed by atoms with van der Waals surface area (Å²) >= 11 is 0. The number of amides is 2. The van der Waals surface area contributed by atoms with Gasteiger partial charge >= 0.3 is 6.09 Å². The molecule has 2 N–H and O–H groups in total. The molecule has 3 unspecified atom stereocenters. The highest BCUT2D eigenvalue weighted by atomic mass is 32.2. The summed E-state index contributed by atoms with van der Waals surface area (Å²) < 4.78 is 25.7. The second-order valence-corrected chi connectivity index (χ2v) is 14.3. The van der Waals surface area contributed by atoms with Crippen molar-refractivity contribution in [2.24, 2.45) is 11.8 Å². The maximum atomic E-state index is 13.8. The smallest absolute Gasteiger partial charge is 0.408 e. The lowest BCUT2D eigenvalue weighted by atomic mass is 9.94. The lowest BCUT2D eigenvalue weighted by Crippen LogP contribution is -2.57. The molecule has 1 aliphatic carbocycles. The first-order chi connectivity index (χ1) is 19.4. The van der Waals surface area contributed by atoms with E-state index in [-0.39, 0.29) is 17.8 Å². The highest BCUT2D eigenvalue weighted by molar-refractivity contribution is 7.92. The lowest BCUT2D eigenvalue weighted by Gasteiger charge is -2.38. The topological polar surface area (TPSA) is 140 Å². The van der Waals surface area contributed by atoms with Gasteiger partial charge in [0.1, 0.15) is 11.6 Å². The van der Waals surface area contributed by atoms with Crippen molar-refractivity contribution in [2.75, 3.05) is 36.1 Å². The maximum Gasteiger partial charge on any atom is 0.408 e. The van der Waals surface area contributed by atoms with Gasteiger partial charge in [-0.25, -0.2) is 18.2 Å². The van der Waals surface area contributed by atoms with E-state index in [1.807, 2.05) is 42.3 Å². The van der Waals surface area contributed by atoms with E-state index < -0.39 is 45.4 Å². The minimum atomic E-state index is -3.68. The number of carbonyl (C=O) groups excluding carboxylic acids is 2. The minimum Gasteiger partial charge on any atom is -0.465 e. The number of Topliss-reactive ketones (excluding diaryl/α,β-unsaturated/α-hetero) is 1. The van der Waals surface area contributed by atoms with E-state index in [4.69, 9.17) is 0 Å². The molecule has 1 saturated carbocycles. The fourth-order valence-electron chi connectivity index (χ4n) is 5.02. The fraction of sp³-hybridized carbons (Fsp3) is 0.533. The normalized spacial score (nSPS) is 18.0. The molecule has 0 aliphatic heterocycles. The van der Waals surface area contributed by atoms with Gasteiger partial charge in [-0.2, -0.15) is 0 Å². The Hall–Kier alpha value is -3.67. The van der Waals surface area contributed by atoms with Gasteiger partial charge in [-0.05, 0) is 70.1 Å². The van der Waals surface area contributed by atoms with Crippen LogP contribution in [0.3, 0.4) is 0 Å². The Labute approximate surface area is 249 Å². The molecule has 1 aromatic heterocycles. The molecule has 1 aliphatic rings. The van der Waals surface area contributed by atoms with Crippen LogP contribution in [0.2, 0.25) is 0 Å². The average Bonchev–Trinajstić information content (AvgIpc) is 3.59. The Morgan fingerprint density at radius 3 is 2.17 bits per heavy atom. The molecule has 2 amide bonds. The first kappa shape index (κ1) is 32.8. The molecule has 0 saturated heterocycles. The van der Waals surface area contributed by atoms with E-state index in [9.17, 15) is 27.9 Å². The summed E-state index contributed by atoms with van der Waals surface area (Å²) in [5.74, 6) is 0.500. The number of pyridine rings is 1. The molecule has 0 bridgehead atoms. The number of hydrogen-bond acceptors (Lipinski definition) is 7. The van der Waals surface area contributed by atoms with Crippen molar-refractivity contribution >= 4 is 39.4 Å². The monoisotopic (exact) mass is 601 g/mol. The van der Waals surface area contributed by atoms with Gasteiger partial charge in [0.05, 0.1) is 18.3 Å². The second kappa shape index (κ2) is 12.7. The summed E-state index contributed by atoms with van der Waals surface area (Å²) in [5, 5.41) is 12.7. The quantitative estimate of drug-likeness (QED) is 0.376. The third-order valence-corrected chi connectivity index (χ3v) is 8.90. The molecular weight excluding hydrogens is 558 g/mol. The largest absolute Gasteiger partial charge is 0.465 e. The summed E-state index contributed by atoms with van der Waals surface area (Å²) in [5.41, 5.74) is 0.0505. The minimum absolute atomic E-state index is 0.0694. The van der Waals surface area contributed by atoms with Crippen molar-refractivity contribution in [3.8, 4) is 0 Å². The molecule has 11 nitrogen and oxygen atoms in total. The SMILES string of the molecule is CC1CC1CN(C)c1cc(C(=O)NC(Cc2ccccc2)C(=O)[C@@H](C)N(C(=O)O)C(C)(C)C)cc(N(C)S(C)(=O)=O)n1. The van der Waals surface area contributed by atoms with Crippen LogP contribution in [0, 0.1) is 11.8 Å². The molecule has 42 heavy (non-hydrogen) atoms. The Bertz CT molecular complexity index is 1410. The zero-order valence-electron chi connectivity index (χ0n) is 25.7. The Morgan fingerprint density at radius 2 is 1.67 bits per heavy atom. The van der Waals surface area contributed by atoms with Crippen LogP contribution >= 0.6 is 0 Å². The van der Waals surface area contributed by atoms with Gasteiger partial charge in [0, 0.05) is 31.7 Å². The summed E-state index contributed by atoms with van der Waals surface area (Å²) in [6.07, 6.45) is 1.04. The number of anilines is 2. The highest BCUT2D eigenvalue weighted by Crippen LogP contribution is 2.38. The van der Waals surface area contributed by atoms with Crippen LogP contribution in [-0.4, -0.2) is 85.7 Å². The Balaban J connectivity index is 2.00. The Morgan fingerprint density at radius 1 is 1.10 bits per heavy atom. The van der Waals surface area contributed by atoms with Crippen molar-refractivity contribution in [1.82, 2.24) is 15.2 Å². The predicted octanol–water partition coefficient (Wildman–Crippen LogP) is 3.65. The van der Waals surface area contributed by atoms with E-state index in [2.05, 4.69) is 17.2 Å². The number of carbonyl (C=O) groups is 3. The van der Waals surface area contributed by atoms with E-state index >= 15 is 0 Å². The number of aromatic nitrogens is 1. The number of nitrogens with zero attached hydrogens (tertiary/aromatic N) is 4. The fourth-order valence-corrected chi connectivity index (χ4v) is 5.46. The summed E-state index contributed by atoms with van der Waals surface area (Å²) in [4.78, 5) is 47.2. The molecule has 0 radical (unpaired) electrons. The number of ketones is 1. The van der Waals surface area contributed by atoms with Gasteiger partial charge in [0.15, 0.2) is 5.78 Å². The summed E-state index contributed by atoms with van der Waals surface area (Å²) in [7, 11) is -0.469. The first-order valence-electron chi connectivity index (χ1n) is 14.0. The van der Waals surface area contributed by atoms with E-state index in [1.54, 1.807) is 26.8 Å². The third-order valence-electron chi connectivity index (χ3n) is 7.72. The number of benzene rings is 1. The van der Waals surface area contributed by atoms with Gasteiger partial charge in [0.2, 0.25) is 10.0 Å². The zero-order chi connectivity index (χ0) is 31.6. The summed E-state index contributed by atoms with van der Waals surface area (Å²) in [6, 6.07) is 9.97. The molecule has 0 spiro atoms. The lowest BCUT2D eigenvalue weighted by molar-refractivity contribution is -0.126. The first-order valence-corrected chi connectivity index (χ1v) is 15.8. The number of rotatable bonds is 12. The van der Waals surface area contributed by atoms with Crippen LogP contribution in [0.1, 0.15) is 57.0 Å². The predicted molar refractivity (Wildman–Crippen MR) is 164 cm³/mol. The number of sulfonamides is 1. The van der Waals surface area contributed by atoms with Crippen LogP contribution in [0.25, 0.3) is 0 Å². The van der Waals surface area contributed by atoms with Crippen molar-refractivity contribution in [1.29, 1.82) is 0 Å². The van der Waals surface area contributed by atoms with Crippen LogP contribution < -0.4 is 14.5 Å². The van der Waals surface area contributed by atoms with Gasteiger partial charge in [-0.3, -0.25) is 18.8 Å². The van der Waals surface area contributed by atoms with Gasteiger partial charge in [-0.15, -0.1) is 0 Å². The number of hydrogen-bond donors (Lipinski definition) is 2. The molecule has 4 atom stereocenters. The van der Waals surface area contributed by atoms with E-state index in [0.717, 1.165) is 27.4 Å². The molecule has 230 valence electrons. The third kappa shape index (κ3) is 8.21. The van der Waals surface area contributed by atoms with Gasteiger partial charge in [0.25, 0.3) is 5.91 Å². The van der Waals surface area contributed by atoms with Crippen molar-refractivity contribution in [3.05, 3.63) is 53.6 Å². The Kier molecular flexibility index (Phi) is 9.92. The zero-order valence-corrected chi connectivity index (χ0v) is 26.5. The molecule has 1 aromatic carbocycles. The highest BCUT2D eigenvalue weighted by Gasteiger charge is 2.38. The van der Waals surface area contributed by atoms with Crippen molar-refractivity contribution in [3.63, 3.8) is 0 Å². The molecular formula is C30H43N5O6S. The number of carboxylic acid groups (broad SMARTS) is 1.